The second kappa shape index (κ2) is 6.60. The first-order valence-corrected chi connectivity index (χ1v) is 8.01. The third kappa shape index (κ3) is 4.21. The number of para-hydroxylation sites is 1. The highest BCUT2D eigenvalue weighted by Crippen LogP contribution is 2.16. The van der Waals surface area contributed by atoms with Crippen LogP contribution in [0.2, 0.25) is 0 Å². The molecule has 2 aromatic rings. The first-order valence-electron chi connectivity index (χ1n) is 6.53. The van der Waals surface area contributed by atoms with E-state index in [2.05, 4.69) is 4.72 Å². The van der Waals surface area contributed by atoms with Crippen molar-refractivity contribution in [2.45, 2.75) is 11.8 Å². The lowest BCUT2D eigenvalue weighted by Gasteiger charge is -2.09. The molecule has 0 aromatic heterocycles. The molecule has 0 aliphatic carbocycles. The number of nitrogen functional groups attached to an aromatic ring is 1. The predicted molar refractivity (Wildman–Crippen MR) is 82.7 cm³/mol. The van der Waals surface area contributed by atoms with Crippen molar-refractivity contribution < 1.29 is 13.2 Å². The molecule has 5 nitrogen and oxygen atoms in total. The third-order valence-corrected chi connectivity index (χ3v) is 4.42. The second-order valence-corrected chi connectivity index (χ2v) is 6.34. The number of nitrogens with one attached hydrogen (secondary N) is 1. The minimum atomic E-state index is -3.54. The number of hydrogen-bond donors (Lipinski definition) is 2. The zero-order valence-electron chi connectivity index (χ0n) is 11.7. The molecule has 0 saturated carbocycles. The fourth-order valence-corrected chi connectivity index (χ4v) is 2.86. The summed E-state index contributed by atoms with van der Waals surface area (Å²) in [5.74, 6) is 0.708. The fraction of sp³-hybridized carbons (Fsp3) is 0.200. The van der Waals surface area contributed by atoms with Crippen molar-refractivity contribution in [3.05, 3.63) is 54.1 Å². The average Bonchev–Trinajstić information content (AvgIpc) is 2.47. The molecule has 0 bridgehead atoms. The summed E-state index contributed by atoms with van der Waals surface area (Å²) in [4.78, 5) is 0.203. The minimum Gasteiger partial charge on any atom is -0.492 e. The first-order chi connectivity index (χ1) is 9.99. The van der Waals surface area contributed by atoms with Gasteiger partial charge in [-0.1, -0.05) is 18.2 Å². The predicted octanol–water partition coefficient (Wildman–Crippen LogP) is 1.93. The third-order valence-electron chi connectivity index (χ3n) is 2.96. The zero-order valence-corrected chi connectivity index (χ0v) is 12.6. The molecule has 0 heterocycles. The van der Waals surface area contributed by atoms with E-state index < -0.39 is 10.0 Å². The van der Waals surface area contributed by atoms with Gasteiger partial charge < -0.3 is 10.5 Å². The van der Waals surface area contributed by atoms with Crippen LogP contribution in [-0.4, -0.2) is 21.6 Å². The van der Waals surface area contributed by atoms with E-state index in [-0.39, 0.29) is 18.0 Å². The molecule has 0 atom stereocenters. The van der Waals surface area contributed by atoms with Gasteiger partial charge in [0, 0.05) is 12.2 Å². The van der Waals surface area contributed by atoms with Crippen LogP contribution in [0.1, 0.15) is 5.56 Å². The number of sulfonamides is 1. The highest BCUT2D eigenvalue weighted by atomic mass is 32.2. The largest absolute Gasteiger partial charge is 0.492 e. The number of anilines is 1. The Hall–Kier alpha value is -2.05. The van der Waals surface area contributed by atoms with Crippen molar-refractivity contribution in [1.29, 1.82) is 0 Å². The van der Waals surface area contributed by atoms with Crippen molar-refractivity contribution in [2.75, 3.05) is 18.9 Å². The van der Waals surface area contributed by atoms with E-state index in [4.69, 9.17) is 10.5 Å². The number of ether oxygens (including phenoxy) is 1. The SMILES string of the molecule is Cc1cc(S(=O)(=O)NCCOc2ccccc2)ccc1N. The lowest BCUT2D eigenvalue weighted by Crippen LogP contribution is -2.28. The number of rotatable bonds is 6. The molecule has 0 radical (unpaired) electrons. The van der Waals surface area contributed by atoms with E-state index >= 15 is 0 Å². The lowest BCUT2D eigenvalue weighted by molar-refractivity contribution is 0.323. The molecule has 21 heavy (non-hydrogen) atoms. The summed E-state index contributed by atoms with van der Waals surface area (Å²) in [6.45, 7) is 2.23. The van der Waals surface area contributed by atoms with Gasteiger partial charge in [-0.05, 0) is 42.8 Å². The molecule has 0 unspecified atom stereocenters. The molecule has 0 spiro atoms. The van der Waals surface area contributed by atoms with E-state index in [0.717, 1.165) is 5.56 Å². The van der Waals surface area contributed by atoms with Crippen molar-refractivity contribution in [2.24, 2.45) is 0 Å². The number of aryl methyl sites for hydroxylation is 1. The molecular formula is C15H18N2O3S. The number of benzene rings is 2. The topological polar surface area (TPSA) is 81.4 Å². The van der Waals surface area contributed by atoms with E-state index in [1.54, 1.807) is 19.1 Å². The fourth-order valence-electron chi connectivity index (χ4n) is 1.76. The van der Waals surface area contributed by atoms with Crippen molar-refractivity contribution in [3.8, 4) is 5.75 Å². The molecule has 0 aliphatic rings. The van der Waals surface area contributed by atoms with Crippen LogP contribution < -0.4 is 15.2 Å². The van der Waals surface area contributed by atoms with Crippen LogP contribution in [0.25, 0.3) is 0 Å². The van der Waals surface area contributed by atoms with E-state index in [9.17, 15) is 8.42 Å². The summed E-state index contributed by atoms with van der Waals surface area (Å²) in [6, 6.07) is 13.9. The summed E-state index contributed by atoms with van der Waals surface area (Å²) < 4.78 is 32.1. The van der Waals surface area contributed by atoms with Crippen molar-refractivity contribution in [3.63, 3.8) is 0 Å². The van der Waals surface area contributed by atoms with Gasteiger partial charge >= 0.3 is 0 Å². The molecule has 0 amide bonds. The van der Waals surface area contributed by atoms with E-state index in [1.807, 2.05) is 30.3 Å². The Labute approximate surface area is 124 Å². The van der Waals surface area contributed by atoms with Crippen LogP contribution in [0.3, 0.4) is 0 Å². The van der Waals surface area contributed by atoms with Crippen LogP contribution in [0.4, 0.5) is 5.69 Å². The monoisotopic (exact) mass is 306 g/mol. The molecule has 112 valence electrons. The van der Waals surface area contributed by atoms with E-state index in [0.29, 0.717) is 11.4 Å². The van der Waals surface area contributed by atoms with E-state index in [1.165, 1.54) is 6.07 Å². The Morgan fingerprint density at radius 1 is 1.14 bits per heavy atom. The highest BCUT2D eigenvalue weighted by molar-refractivity contribution is 7.89. The van der Waals surface area contributed by atoms with Crippen LogP contribution in [0, 0.1) is 6.92 Å². The first kappa shape index (κ1) is 15.3. The van der Waals surface area contributed by atoms with Crippen LogP contribution >= 0.6 is 0 Å². The van der Waals surface area contributed by atoms with Crippen LogP contribution in [0.15, 0.2) is 53.4 Å². The molecule has 0 fully saturated rings. The van der Waals surface area contributed by atoms with Gasteiger partial charge in [-0.2, -0.15) is 0 Å². The minimum absolute atomic E-state index is 0.195. The number of nitrogens with two attached hydrogens (primary N) is 1. The normalized spacial score (nSPS) is 11.3. The standard InChI is InChI=1S/C15H18N2O3S/c1-12-11-14(7-8-15(12)16)21(18,19)17-9-10-20-13-5-3-2-4-6-13/h2-8,11,17H,9-10,16H2,1H3. The molecule has 6 heteroatoms. The Balaban J connectivity index is 1.91. The molecule has 2 aromatic carbocycles. The molecule has 2 rings (SSSR count). The van der Waals surface area contributed by atoms with Gasteiger partial charge in [0.25, 0.3) is 0 Å². The van der Waals surface area contributed by atoms with Gasteiger partial charge in [0.05, 0.1) is 4.90 Å². The van der Waals surface area contributed by atoms with Crippen LogP contribution in [-0.2, 0) is 10.0 Å². The summed E-state index contributed by atoms with van der Waals surface area (Å²) in [7, 11) is -3.54. The molecule has 3 N–H and O–H groups in total. The van der Waals surface area contributed by atoms with Gasteiger partial charge in [0.2, 0.25) is 10.0 Å². The maximum absolute atomic E-state index is 12.1. The Morgan fingerprint density at radius 2 is 1.86 bits per heavy atom. The summed E-state index contributed by atoms with van der Waals surface area (Å²) in [5.41, 5.74) is 6.99. The van der Waals surface area contributed by atoms with Gasteiger partial charge in [-0.25, -0.2) is 13.1 Å². The zero-order chi connectivity index (χ0) is 15.3. The van der Waals surface area contributed by atoms with Gasteiger partial charge in [-0.3, -0.25) is 0 Å². The van der Waals surface area contributed by atoms with Gasteiger partial charge in [0.1, 0.15) is 12.4 Å². The second-order valence-electron chi connectivity index (χ2n) is 4.58. The Bertz CT molecular complexity index is 700. The van der Waals surface area contributed by atoms with Crippen molar-refractivity contribution >= 4 is 15.7 Å². The molecule has 0 aliphatic heterocycles. The lowest BCUT2D eigenvalue weighted by atomic mass is 10.2. The highest BCUT2D eigenvalue weighted by Gasteiger charge is 2.14. The summed E-state index contributed by atoms with van der Waals surface area (Å²) in [5, 5.41) is 0. The smallest absolute Gasteiger partial charge is 0.240 e. The maximum Gasteiger partial charge on any atom is 0.240 e. The maximum atomic E-state index is 12.1. The Kier molecular flexibility index (Phi) is 4.82. The summed E-state index contributed by atoms with van der Waals surface area (Å²) >= 11 is 0. The molecule has 0 saturated heterocycles. The quantitative estimate of drug-likeness (QED) is 0.631. The van der Waals surface area contributed by atoms with Gasteiger partial charge in [-0.15, -0.1) is 0 Å². The molecular weight excluding hydrogens is 288 g/mol. The number of hydrogen-bond acceptors (Lipinski definition) is 4. The van der Waals surface area contributed by atoms with Crippen molar-refractivity contribution in [1.82, 2.24) is 4.72 Å². The average molecular weight is 306 g/mol. The summed E-state index contributed by atoms with van der Waals surface area (Å²) in [6.07, 6.45) is 0. The Morgan fingerprint density at radius 3 is 2.52 bits per heavy atom. The van der Waals surface area contributed by atoms with Crippen LogP contribution in [0.5, 0.6) is 5.75 Å². The van der Waals surface area contributed by atoms with Gasteiger partial charge in [0.15, 0.2) is 0 Å².